The Balaban J connectivity index is 4.44. The fourth-order valence-corrected chi connectivity index (χ4v) is 1.40. The molecule has 2 amide bonds. The molecular weight excluding hydrogens is 320 g/mol. The molecule has 9 nitrogen and oxygen atoms in total. The van der Waals surface area contributed by atoms with E-state index in [1.165, 1.54) is 13.8 Å². The zero-order chi connectivity index (χ0) is 18.7. The van der Waals surface area contributed by atoms with Crippen molar-refractivity contribution in [3.8, 4) is 0 Å². The number of amides is 2. The molecular formula is C15H24N2O7. The predicted octanol–water partition coefficient (Wildman–Crippen LogP) is -0.151. The molecule has 0 aliphatic rings. The van der Waals surface area contributed by atoms with Gasteiger partial charge in [-0.05, 0) is 13.8 Å². The van der Waals surface area contributed by atoms with Gasteiger partial charge in [-0.1, -0.05) is 13.2 Å². The van der Waals surface area contributed by atoms with Crippen LogP contribution in [0.25, 0.3) is 0 Å². The minimum Gasteiger partial charge on any atom is -0.460 e. The maximum atomic E-state index is 12.1. The molecule has 0 spiro atoms. The van der Waals surface area contributed by atoms with Crippen molar-refractivity contribution in [1.82, 2.24) is 9.80 Å². The number of aliphatic hydroxyl groups excluding tert-OH is 2. The average molecular weight is 344 g/mol. The van der Waals surface area contributed by atoms with Crippen molar-refractivity contribution in [1.29, 1.82) is 0 Å². The second-order valence-electron chi connectivity index (χ2n) is 4.92. The molecule has 9 heteroatoms. The Morgan fingerprint density at radius 1 is 0.833 bits per heavy atom. The van der Waals surface area contributed by atoms with Crippen molar-refractivity contribution in [3.05, 3.63) is 24.3 Å². The highest BCUT2D eigenvalue weighted by Gasteiger charge is 2.20. The molecule has 24 heavy (non-hydrogen) atoms. The number of urea groups is 1. The van der Waals surface area contributed by atoms with Gasteiger partial charge in [0.1, 0.15) is 26.7 Å². The molecule has 0 rings (SSSR count). The third-order valence-corrected chi connectivity index (χ3v) is 2.77. The van der Waals surface area contributed by atoms with Gasteiger partial charge in [-0.15, -0.1) is 0 Å². The van der Waals surface area contributed by atoms with Gasteiger partial charge in [0.05, 0.1) is 13.1 Å². The Labute approximate surface area is 140 Å². The minimum atomic E-state index is -0.697. The molecule has 0 saturated carbocycles. The number of nitrogens with zero attached hydrogens (tertiary/aromatic N) is 2. The van der Waals surface area contributed by atoms with Crippen LogP contribution in [0.5, 0.6) is 0 Å². The molecule has 0 aromatic carbocycles. The van der Waals surface area contributed by atoms with Crippen LogP contribution in [0.4, 0.5) is 4.79 Å². The Bertz CT molecular complexity index is 448. The van der Waals surface area contributed by atoms with Crippen LogP contribution in [0, 0.1) is 0 Å². The molecule has 0 heterocycles. The first-order chi connectivity index (χ1) is 11.2. The van der Waals surface area contributed by atoms with Gasteiger partial charge >= 0.3 is 18.0 Å². The summed E-state index contributed by atoms with van der Waals surface area (Å²) in [5, 5.41) is 18.5. The lowest BCUT2D eigenvalue weighted by molar-refractivity contribution is -0.139. The van der Waals surface area contributed by atoms with Gasteiger partial charge in [0.25, 0.3) is 0 Å². The first kappa shape index (κ1) is 21.6. The standard InChI is InChI=1S/C15H24N2O7/c1-11(2)13(20)23-7-5-16(9-18)15(22)17(10-19)6-8-24-14(21)12(3)4/h18-19H,1,3,5-10H2,2,4H3. The number of aliphatic hydroxyl groups is 2. The summed E-state index contributed by atoms with van der Waals surface area (Å²) in [7, 11) is 0. The molecule has 0 bridgehead atoms. The maximum Gasteiger partial charge on any atom is 0.333 e. The Hall–Kier alpha value is -2.39. The summed E-state index contributed by atoms with van der Waals surface area (Å²) in [4.78, 5) is 36.5. The van der Waals surface area contributed by atoms with E-state index in [0.29, 0.717) is 0 Å². The molecule has 0 aromatic heterocycles. The van der Waals surface area contributed by atoms with Crippen molar-refractivity contribution in [3.63, 3.8) is 0 Å². The molecule has 0 radical (unpaired) electrons. The van der Waals surface area contributed by atoms with Crippen LogP contribution in [0.3, 0.4) is 0 Å². The van der Waals surface area contributed by atoms with Gasteiger partial charge in [-0.3, -0.25) is 9.80 Å². The summed E-state index contributed by atoms with van der Waals surface area (Å²) in [5.41, 5.74) is 0.432. The SMILES string of the molecule is C=C(C)C(=O)OCCN(CO)C(=O)N(CO)CCOC(=O)C(=C)C. The average Bonchev–Trinajstić information content (AvgIpc) is 2.54. The van der Waals surface area contributed by atoms with E-state index < -0.39 is 31.4 Å². The van der Waals surface area contributed by atoms with E-state index in [1.54, 1.807) is 0 Å². The quantitative estimate of drug-likeness (QED) is 0.321. The van der Waals surface area contributed by atoms with E-state index in [1.807, 2.05) is 0 Å². The van der Waals surface area contributed by atoms with Crippen molar-refractivity contribution in [2.75, 3.05) is 39.8 Å². The Morgan fingerprint density at radius 3 is 1.42 bits per heavy atom. The smallest absolute Gasteiger partial charge is 0.333 e. The number of rotatable bonds is 10. The zero-order valence-electron chi connectivity index (χ0n) is 14.0. The third-order valence-electron chi connectivity index (χ3n) is 2.77. The van der Waals surface area contributed by atoms with E-state index in [4.69, 9.17) is 9.47 Å². The normalized spacial score (nSPS) is 9.83. The number of ether oxygens (including phenoxy) is 2. The van der Waals surface area contributed by atoms with E-state index in [-0.39, 0.29) is 37.4 Å². The van der Waals surface area contributed by atoms with Crippen LogP contribution in [-0.2, 0) is 19.1 Å². The van der Waals surface area contributed by atoms with Gasteiger partial charge < -0.3 is 19.7 Å². The second kappa shape index (κ2) is 11.2. The minimum absolute atomic E-state index is 0.0730. The molecule has 0 saturated heterocycles. The van der Waals surface area contributed by atoms with Crippen LogP contribution in [0.1, 0.15) is 13.8 Å². The van der Waals surface area contributed by atoms with E-state index in [2.05, 4.69) is 13.2 Å². The summed E-state index contributed by atoms with van der Waals surface area (Å²) >= 11 is 0. The molecule has 0 aliphatic carbocycles. The van der Waals surface area contributed by atoms with Crippen molar-refractivity contribution < 1.29 is 34.1 Å². The van der Waals surface area contributed by atoms with Gasteiger partial charge in [0.2, 0.25) is 0 Å². The Kier molecular flexibility index (Phi) is 10.1. The Morgan fingerprint density at radius 2 is 1.17 bits per heavy atom. The number of carbonyl (C=O) groups is 3. The zero-order valence-corrected chi connectivity index (χ0v) is 14.0. The second-order valence-corrected chi connectivity index (χ2v) is 4.92. The summed E-state index contributed by atoms with van der Waals surface area (Å²) in [6, 6.07) is -0.697. The van der Waals surface area contributed by atoms with Crippen LogP contribution in [0.15, 0.2) is 24.3 Å². The summed E-state index contributed by atoms with van der Waals surface area (Å²) in [6.07, 6.45) is 0. The highest BCUT2D eigenvalue weighted by molar-refractivity contribution is 5.87. The topological polar surface area (TPSA) is 117 Å². The number of carbonyl (C=O) groups excluding carboxylic acids is 3. The first-order valence-electron chi connectivity index (χ1n) is 7.15. The molecule has 0 aliphatic heterocycles. The third kappa shape index (κ3) is 7.75. The fourth-order valence-electron chi connectivity index (χ4n) is 1.40. The lowest BCUT2D eigenvalue weighted by atomic mass is 10.4. The molecule has 2 N–H and O–H groups in total. The van der Waals surface area contributed by atoms with Crippen molar-refractivity contribution in [2.24, 2.45) is 0 Å². The molecule has 0 fully saturated rings. The van der Waals surface area contributed by atoms with E-state index in [9.17, 15) is 24.6 Å². The lowest BCUT2D eigenvalue weighted by Gasteiger charge is -2.27. The van der Waals surface area contributed by atoms with Gasteiger partial charge in [-0.25, -0.2) is 14.4 Å². The van der Waals surface area contributed by atoms with Crippen LogP contribution >= 0.6 is 0 Å². The summed E-state index contributed by atoms with van der Waals surface area (Å²) < 4.78 is 9.67. The van der Waals surface area contributed by atoms with Gasteiger partial charge in [0, 0.05) is 11.1 Å². The molecule has 0 aromatic rings. The molecule has 0 unspecified atom stereocenters. The van der Waals surface area contributed by atoms with E-state index in [0.717, 1.165) is 9.80 Å². The van der Waals surface area contributed by atoms with Crippen LogP contribution < -0.4 is 0 Å². The highest BCUT2D eigenvalue weighted by atomic mass is 16.5. The first-order valence-corrected chi connectivity index (χ1v) is 7.15. The number of hydrogen-bond acceptors (Lipinski definition) is 7. The van der Waals surface area contributed by atoms with Gasteiger partial charge in [0.15, 0.2) is 0 Å². The highest BCUT2D eigenvalue weighted by Crippen LogP contribution is 2.01. The fraction of sp³-hybridized carbons (Fsp3) is 0.533. The largest absolute Gasteiger partial charge is 0.460 e. The van der Waals surface area contributed by atoms with E-state index >= 15 is 0 Å². The number of hydrogen-bond donors (Lipinski definition) is 2. The van der Waals surface area contributed by atoms with Crippen LogP contribution in [0.2, 0.25) is 0 Å². The monoisotopic (exact) mass is 344 g/mol. The molecule has 0 atom stereocenters. The summed E-state index contributed by atoms with van der Waals surface area (Å²) in [6.45, 7) is 8.11. The lowest BCUT2D eigenvalue weighted by Crippen LogP contribution is -2.46. The molecule has 136 valence electrons. The van der Waals surface area contributed by atoms with Crippen molar-refractivity contribution >= 4 is 18.0 Å². The maximum absolute atomic E-state index is 12.1. The van der Waals surface area contributed by atoms with Crippen LogP contribution in [-0.4, -0.2) is 77.7 Å². The van der Waals surface area contributed by atoms with Crippen molar-refractivity contribution in [2.45, 2.75) is 13.8 Å². The van der Waals surface area contributed by atoms with Gasteiger partial charge in [-0.2, -0.15) is 0 Å². The predicted molar refractivity (Wildman–Crippen MR) is 84.5 cm³/mol. The summed E-state index contributed by atoms with van der Waals surface area (Å²) in [5.74, 6) is -1.21. The number of esters is 2.